The van der Waals surface area contributed by atoms with E-state index in [9.17, 15) is 0 Å². The Labute approximate surface area is 88.6 Å². The van der Waals surface area contributed by atoms with Gasteiger partial charge >= 0.3 is 0 Å². The van der Waals surface area contributed by atoms with Gasteiger partial charge in [0.2, 0.25) is 0 Å². The second kappa shape index (κ2) is 5.72. The van der Waals surface area contributed by atoms with E-state index in [0.717, 1.165) is 6.61 Å². The highest BCUT2D eigenvalue weighted by Crippen LogP contribution is 2.34. The minimum atomic E-state index is 0.296. The van der Waals surface area contributed by atoms with Crippen molar-refractivity contribution in [1.82, 2.24) is 4.90 Å². The Balaban J connectivity index is 0.000000461. The number of likely N-dealkylation sites (tertiary alicyclic amines) is 1. The smallest absolute Gasteiger partial charge is 0.0706 e. The molecule has 1 spiro atoms. The second-order valence-corrected chi connectivity index (χ2v) is 4.29. The Morgan fingerprint density at radius 3 is 2.14 bits per heavy atom. The molecule has 2 fully saturated rings. The lowest BCUT2D eigenvalue weighted by Crippen LogP contribution is -2.46. The number of ether oxygens (including phenoxy) is 1. The van der Waals surface area contributed by atoms with Gasteiger partial charge in [-0.3, -0.25) is 0 Å². The van der Waals surface area contributed by atoms with Crippen molar-refractivity contribution in [3.63, 3.8) is 0 Å². The van der Waals surface area contributed by atoms with Crippen LogP contribution < -0.4 is 0 Å². The lowest BCUT2D eigenvalue weighted by Gasteiger charge is -2.43. The maximum Gasteiger partial charge on any atom is 0.0706 e. The van der Waals surface area contributed by atoms with E-state index in [1.54, 1.807) is 0 Å². The molecule has 2 nitrogen and oxygen atoms in total. The van der Waals surface area contributed by atoms with Gasteiger partial charge in [0.1, 0.15) is 0 Å². The molecule has 2 heteroatoms. The molecule has 0 aromatic rings. The highest BCUT2D eigenvalue weighted by Gasteiger charge is 2.35. The van der Waals surface area contributed by atoms with E-state index < -0.39 is 0 Å². The summed E-state index contributed by atoms with van der Waals surface area (Å²) in [6.45, 7) is 7.45. The van der Waals surface area contributed by atoms with Gasteiger partial charge < -0.3 is 9.64 Å². The molecule has 0 aromatic carbocycles. The van der Waals surface area contributed by atoms with Crippen LogP contribution in [0.2, 0.25) is 0 Å². The summed E-state index contributed by atoms with van der Waals surface area (Å²) in [4.78, 5) is 2.41. The summed E-state index contributed by atoms with van der Waals surface area (Å²) in [5.41, 5.74) is 0.296. The summed E-state index contributed by atoms with van der Waals surface area (Å²) in [5.74, 6) is 0. The first-order valence-corrected chi connectivity index (χ1v) is 6.13. The first-order chi connectivity index (χ1) is 6.81. The Morgan fingerprint density at radius 1 is 1.00 bits per heavy atom. The van der Waals surface area contributed by atoms with Gasteiger partial charge in [0.05, 0.1) is 5.60 Å². The molecule has 2 aliphatic heterocycles. The van der Waals surface area contributed by atoms with Crippen LogP contribution in [0.4, 0.5) is 0 Å². The fraction of sp³-hybridized carbons (Fsp3) is 1.00. The number of hydrogen-bond acceptors (Lipinski definition) is 2. The van der Waals surface area contributed by atoms with Crippen LogP contribution in [0.25, 0.3) is 0 Å². The van der Waals surface area contributed by atoms with Gasteiger partial charge in [-0.25, -0.2) is 0 Å². The molecule has 0 amide bonds. The molecule has 0 radical (unpaired) electrons. The summed E-state index contributed by atoms with van der Waals surface area (Å²) >= 11 is 0. The Kier molecular flexibility index (Phi) is 4.90. The van der Waals surface area contributed by atoms with Crippen molar-refractivity contribution in [3.8, 4) is 0 Å². The minimum absolute atomic E-state index is 0.296. The highest BCUT2D eigenvalue weighted by atomic mass is 16.5. The lowest BCUT2D eigenvalue weighted by atomic mass is 9.85. The molecular formula is C12H25NO. The van der Waals surface area contributed by atoms with E-state index in [1.165, 1.54) is 45.2 Å². The molecular weight excluding hydrogens is 174 g/mol. The molecule has 2 rings (SSSR count). The monoisotopic (exact) mass is 199 g/mol. The standard InChI is InChI=1S/C10H19NO.C2H6/c1-11-7-5-10(6-8-11)4-2-3-9-12-10;1-2/h2-9H2,1H3;1-2H3. The number of nitrogens with zero attached hydrogens (tertiary/aromatic N) is 1. The van der Waals surface area contributed by atoms with Crippen LogP contribution in [-0.4, -0.2) is 37.2 Å². The zero-order valence-corrected chi connectivity index (χ0v) is 10.0. The van der Waals surface area contributed by atoms with Crippen LogP contribution in [0, 0.1) is 0 Å². The molecule has 0 bridgehead atoms. The Hall–Kier alpha value is -0.0800. The fourth-order valence-corrected chi connectivity index (χ4v) is 2.33. The average molecular weight is 199 g/mol. The van der Waals surface area contributed by atoms with E-state index >= 15 is 0 Å². The van der Waals surface area contributed by atoms with E-state index in [0.29, 0.717) is 5.60 Å². The van der Waals surface area contributed by atoms with Crippen molar-refractivity contribution >= 4 is 0 Å². The van der Waals surface area contributed by atoms with Gasteiger partial charge in [-0.05, 0) is 39.2 Å². The molecule has 84 valence electrons. The maximum atomic E-state index is 5.93. The molecule has 14 heavy (non-hydrogen) atoms. The van der Waals surface area contributed by atoms with Crippen molar-refractivity contribution in [2.45, 2.75) is 51.6 Å². The zero-order valence-electron chi connectivity index (χ0n) is 10.0. The topological polar surface area (TPSA) is 12.5 Å². The molecule has 2 saturated heterocycles. The van der Waals surface area contributed by atoms with Gasteiger partial charge in [-0.15, -0.1) is 0 Å². The Bertz CT molecular complexity index is 142. The van der Waals surface area contributed by atoms with Crippen molar-refractivity contribution in [2.75, 3.05) is 26.7 Å². The van der Waals surface area contributed by atoms with E-state index in [-0.39, 0.29) is 0 Å². The molecule has 2 heterocycles. The third-order valence-electron chi connectivity index (χ3n) is 3.33. The fourth-order valence-electron chi connectivity index (χ4n) is 2.33. The number of piperidine rings is 1. The van der Waals surface area contributed by atoms with Crippen molar-refractivity contribution < 1.29 is 4.74 Å². The van der Waals surface area contributed by atoms with Crippen molar-refractivity contribution in [1.29, 1.82) is 0 Å². The molecule has 0 unspecified atom stereocenters. The van der Waals surface area contributed by atoms with E-state index in [2.05, 4.69) is 11.9 Å². The summed E-state index contributed by atoms with van der Waals surface area (Å²) in [7, 11) is 2.20. The normalized spacial score (nSPS) is 26.8. The molecule has 2 aliphatic rings. The van der Waals surface area contributed by atoms with E-state index in [1.807, 2.05) is 13.8 Å². The maximum absolute atomic E-state index is 5.93. The second-order valence-electron chi connectivity index (χ2n) is 4.29. The quantitative estimate of drug-likeness (QED) is 0.595. The summed E-state index contributed by atoms with van der Waals surface area (Å²) < 4.78 is 5.93. The van der Waals surface area contributed by atoms with Gasteiger partial charge in [-0.1, -0.05) is 13.8 Å². The van der Waals surface area contributed by atoms with Gasteiger partial charge in [-0.2, -0.15) is 0 Å². The summed E-state index contributed by atoms with van der Waals surface area (Å²) in [6.07, 6.45) is 6.47. The lowest BCUT2D eigenvalue weighted by molar-refractivity contribution is -0.108. The zero-order chi connectivity index (χ0) is 10.4. The van der Waals surface area contributed by atoms with E-state index in [4.69, 9.17) is 4.74 Å². The van der Waals surface area contributed by atoms with Gasteiger partial charge in [0.15, 0.2) is 0 Å². The predicted octanol–water partition coefficient (Wildman–Crippen LogP) is 2.68. The molecule has 0 atom stereocenters. The van der Waals surface area contributed by atoms with Gasteiger partial charge in [0.25, 0.3) is 0 Å². The summed E-state index contributed by atoms with van der Waals surface area (Å²) in [6, 6.07) is 0. The summed E-state index contributed by atoms with van der Waals surface area (Å²) in [5, 5.41) is 0. The first-order valence-electron chi connectivity index (χ1n) is 6.13. The van der Waals surface area contributed by atoms with Crippen LogP contribution in [0.1, 0.15) is 46.0 Å². The van der Waals surface area contributed by atoms with Gasteiger partial charge in [0, 0.05) is 19.7 Å². The van der Waals surface area contributed by atoms with Crippen LogP contribution in [0.3, 0.4) is 0 Å². The third-order valence-corrected chi connectivity index (χ3v) is 3.33. The van der Waals surface area contributed by atoms with Crippen LogP contribution >= 0.6 is 0 Å². The number of hydrogen-bond donors (Lipinski definition) is 0. The largest absolute Gasteiger partial charge is 0.375 e. The van der Waals surface area contributed by atoms with Crippen molar-refractivity contribution in [3.05, 3.63) is 0 Å². The SMILES string of the molecule is CC.CN1CCC2(CCCCO2)CC1. The van der Waals surface area contributed by atoms with Crippen LogP contribution in [-0.2, 0) is 4.74 Å². The first kappa shape index (κ1) is 12.0. The van der Waals surface area contributed by atoms with Crippen LogP contribution in [0.5, 0.6) is 0 Å². The molecule has 0 saturated carbocycles. The third kappa shape index (κ3) is 2.96. The molecule has 0 N–H and O–H groups in total. The van der Waals surface area contributed by atoms with Crippen LogP contribution in [0.15, 0.2) is 0 Å². The minimum Gasteiger partial charge on any atom is -0.375 e. The molecule has 0 aromatic heterocycles. The average Bonchev–Trinajstić information content (AvgIpc) is 2.27. The Morgan fingerprint density at radius 2 is 1.64 bits per heavy atom. The highest BCUT2D eigenvalue weighted by molar-refractivity contribution is 4.88. The number of rotatable bonds is 0. The molecule has 0 aliphatic carbocycles. The predicted molar refractivity (Wildman–Crippen MR) is 60.6 cm³/mol. The van der Waals surface area contributed by atoms with Crippen molar-refractivity contribution in [2.24, 2.45) is 0 Å².